The third kappa shape index (κ3) is 4.93. The second-order valence-corrected chi connectivity index (χ2v) is 20.8. The summed E-state index contributed by atoms with van der Waals surface area (Å²) >= 11 is 0. The Morgan fingerprint density at radius 3 is 2.08 bits per heavy atom. The summed E-state index contributed by atoms with van der Waals surface area (Å²) in [5, 5.41) is 0. The highest BCUT2D eigenvalue weighted by atomic mass is 28.3. The summed E-state index contributed by atoms with van der Waals surface area (Å²) in [6.07, 6.45) is 18.2. The van der Waals surface area contributed by atoms with Crippen LogP contribution < -0.4 is 0 Å². The molecule has 9 atom stereocenters. The van der Waals surface area contributed by atoms with E-state index in [0.717, 1.165) is 52.5 Å². The number of hydrogen-bond donors (Lipinski definition) is 0. The molecule has 202 valence electrons. The lowest BCUT2D eigenvalue weighted by atomic mass is 9.70. The molecule has 36 heavy (non-hydrogen) atoms. The van der Waals surface area contributed by atoms with E-state index in [2.05, 4.69) is 72.0 Å². The lowest BCUT2D eigenvalue weighted by Gasteiger charge is -2.46. The fourth-order valence-electron chi connectivity index (χ4n) is 10.7. The molecule has 4 aliphatic carbocycles. The van der Waals surface area contributed by atoms with E-state index >= 15 is 0 Å². The van der Waals surface area contributed by atoms with E-state index < -0.39 is 8.07 Å². The van der Waals surface area contributed by atoms with E-state index in [1.807, 2.05) is 0 Å². The lowest BCUT2D eigenvalue weighted by Crippen LogP contribution is -2.43. The molecule has 1 aromatic rings. The molecule has 4 saturated carbocycles. The van der Waals surface area contributed by atoms with Crippen molar-refractivity contribution in [2.24, 2.45) is 35.5 Å². The predicted molar refractivity (Wildman–Crippen MR) is 161 cm³/mol. The van der Waals surface area contributed by atoms with Crippen molar-refractivity contribution in [1.29, 1.82) is 0 Å². The van der Waals surface area contributed by atoms with E-state index in [0.29, 0.717) is 0 Å². The van der Waals surface area contributed by atoms with Crippen LogP contribution in [-0.2, 0) is 5.41 Å². The van der Waals surface area contributed by atoms with Gasteiger partial charge in [0.25, 0.3) is 0 Å². The average Bonchev–Trinajstić information content (AvgIpc) is 3.47. The largest absolute Gasteiger partial charge is 0.0689 e. The number of hydrogen-bond acceptors (Lipinski definition) is 0. The average molecular weight is 507 g/mol. The van der Waals surface area contributed by atoms with Crippen LogP contribution >= 0.6 is 0 Å². The fraction of sp³-hybridized carbons (Fsp3) is 0.829. The van der Waals surface area contributed by atoms with Gasteiger partial charge in [0.1, 0.15) is 0 Å². The summed E-state index contributed by atoms with van der Waals surface area (Å²) in [7, 11) is -1.33. The zero-order valence-electron chi connectivity index (χ0n) is 25.0. The van der Waals surface area contributed by atoms with Crippen molar-refractivity contribution in [3.63, 3.8) is 0 Å². The molecule has 9 unspecified atom stereocenters. The van der Waals surface area contributed by atoms with Crippen molar-refractivity contribution in [3.05, 3.63) is 35.4 Å². The Bertz CT molecular complexity index is 860. The first-order chi connectivity index (χ1) is 17.1. The fourth-order valence-corrected chi connectivity index (χ4v) is 16.1. The van der Waals surface area contributed by atoms with Crippen LogP contribution in [0.1, 0.15) is 129 Å². The van der Waals surface area contributed by atoms with Crippen LogP contribution in [0, 0.1) is 35.5 Å². The molecule has 0 spiro atoms. The monoisotopic (exact) mass is 506 g/mol. The van der Waals surface area contributed by atoms with Gasteiger partial charge in [0.05, 0.1) is 8.07 Å². The summed E-state index contributed by atoms with van der Waals surface area (Å²) in [6.45, 7) is 17.9. The van der Waals surface area contributed by atoms with Gasteiger partial charge < -0.3 is 0 Å². The highest BCUT2D eigenvalue weighted by molar-refractivity contribution is 6.80. The van der Waals surface area contributed by atoms with Crippen LogP contribution in [0.2, 0.25) is 24.2 Å². The normalized spacial score (nSPS) is 38.0. The Morgan fingerprint density at radius 1 is 0.778 bits per heavy atom. The van der Waals surface area contributed by atoms with E-state index in [1.165, 1.54) is 50.5 Å². The van der Waals surface area contributed by atoms with Crippen LogP contribution in [0.15, 0.2) is 24.3 Å². The maximum atomic E-state index is 2.89. The highest BCUT2D eigenvalue weighted by Gasteiger charge is 2.57. The van der Waals surface area contributed by atoms with Gasteiger partial charge in [0.15, 0.2) is 0 Å². The first-order valence-electron chi connectivity index (χ1n) is 16.2. The van der Waals surface area contributed by atoms with Crippen LogP contribution in [0.3, 0.4) is 0 Å². The van der Waals surface area contributed by atoms with Gasteiger partial charge in [-0.1, -0.05) is 123 Å². The van der Waals surface area contributed by atoms with Crippen LogP contribution in [0.5, 0.6) is 0 Å². The molecule has 1 heteroatoms. The molecule has 0 radical (unpaired) electrons. The topological polar surface area (TPSA) is 0 Å². The molecule has 1 aromatic carbocycles. The molecule has 0 nitrogen and oxygen atoms in total. The summed E-state index contributed by atoms with van der Waals surface area (Å²) in [4.78, 5) is 0. The van der Waals surface area contributed by atoms with E-state index in [4.69, 9.17) is 0 Å². The molecule has 0 N–H and O–H groups in total. The first-order valence-corrected chi connectivity index (χ1v) is 19.4. The van der Waals surface area contributed by atoms with Crippen molar-refractivity contribution in [2.75, 3.05) is 0 Å². The molecular weight excluding hydrogens is 448 g/mol. The maximum absolute atomic E-state index is 2.89. The Kier molecular flexibility index (Phi) is 7.91. The molecule has 4 aliphatic rings. The van der Waals surface area contributed by atoms with Gasteiger partial charge in [-0.3, -0.25) is 0 Å². The third-order valence-corrected chi connectivity index (χ3v) is 17.7. The molecular formula is C35H58Si. The molecule has 4 fully saturated rings. The molecule has 0 bridgehead atoms. The van der Waals surface area contributed by atoms with Crippen LogP contribution in [-0.4, -0.2) is 8.07 Å². The van der Waals surface area contributed by atoms with Gasteiger partial charge in [0.2, 0.25) is 0 Å². The minimum absolute atomic E-state index is 0.256. The van der Waals surface area contributed by atoms with E-state index in [9.17, 15) is 0 Å². The second kappa shape index (κ2) is 10.5. The van der Waals surface area contributed by atoms with Gasteiger partial charge in [-0.05, 0) is 94.7 Å². The molecule has 0 amide bonds. The van der Waals surface area contributed by atoms with Crippen LogP contribution in [0.25, 0.3) is 0 Å². The smallest absolute Gasteiger partial charge is 0.0541 e. The first kappa shape index (κ1) is 27.0. The summed E-state index contributed by atoms with van der Waals surface area (Å²) in [6, 6.07) is 9.94. The minimum Gasteiger partial charge on any atom is -0.0689 e. The molecule has 0 saturated heterocycles. The zero-order chi connectivity index (χ0) is 25.7. The predicted octanol–water partition coefficient (Wildman–Crippen LogP) is 11.0. The van der Waals surface area contributed by atoms with Crippen molar-refractivity contribution in [1.82, 2.24) is 0 Å². The van der Waals surface area contributed by atoms with Crippen molar-refractivity contribution < 1.29 is 0 Å². The summed E-state index contributed by atoms with van der Waals surface area (Å²) < 4.78 is 0. The van der Waals surface area contributed by atoms with Gasteiger partial charge in [-0.15, -0.1) is 0 Å². The highest BCUT2D eigenvalue weighted by Crippen LogP contribution is 2.65. The Hall–Kier alpha value is -0.563. The standard InChI is InChI=1S/C35H58Si/c1-8-12-24(2)32-23-34(31-14-10-9-13-28(31)32)36(6,7)33-22-21-29-27(15-11-16-30(29)33)25-17-19-26(20-18-25)35(3,4)5/h17-20,24,27-34H,8-16,21-23H2,1-7H3. The van der Waals surface area contributed by atoms with Gasteiger partial charge >= 0.3 is 0 Å². The van der Waals surface area contributed by atoms with Gasteiger partial charge in [-0.25, -0.2) is 0 Å². The third-order valence-electron chi connectivity index (χ3n) is 12.5. The van der Waals surface area contributed by atoms with Gasteiger partial charge in [-0.2, -0.15) is 0 Å². The lowest BCUT2D eigenvalue weighted by molar-refractivity contribution is 0.179. The summed E-state index contributed by atoms with van der Waals surface area (Å²) in [5.41, 5.74) is 5.62. The Balaban J connectivity index is 1.35. The SMILES string of the molecule is CCCC(C)C1CC([Si](C)(C)C2CCC3C(c4ccc(C(C)(C)C)cc4)CCCC32)C2CCCCC12. The van der Waals surface area contributed by atoms with Crippen molar-refractivity contribution >= 4 is 8.07 Å². The quantitative estimate of drug-likeness (QED) is 0.336. The van der Waals surface area contributed by atoms with E-state index in [-0.39, 0.29) is 5.41 Å². The Labute approximate surface area is 225 Å². The van der Waals surface area contributed by atoms with Crippen molar-refractivity contribution in [2.45, 2.75) is 147 Å². The molecule has 0 aromatic heterocycles. The maximum Gasteiger partial charge on any atom is 0.0541 e. The number of benzene rings is 1. The van der Waals surface area contributed by atoms with Crippen molar-refractivity contribution in [3.8, 4) is 0 Å². The number of rotatable bonds is 6. The molecule has 5 rings (SSSR count). The van der Waals surface area contributed by atoms with E-state index in [1.54, 1.807) is 37.7 Å². The molecule has 0 aliphatic heterocycles. The minimum atomic E-state index is -1.33. The van der Waals surface area contributed by atoms with Gasteiger partial charge in [0, 0.05) is 0 Å². The zero-order valence-corrected chi connectivity index (χ0v) is 26.0. The second-order valence-electron chi connectivity index (χ2n) is 15.6. The molecule has 0 heterocycles. The Morgan fingerprint density at radius 2 is 1.42 bits per heavy atom. The van der Waals surface area contributed by atoms with Crippen LogP contribution in [0.4, 0.5) is 0 Å². The summed E-state index contributed by atoms with van der Waals surface area (Å²) in [5.74, 6) is 7.00. The number of fused-ring (bicyclic) bond motifs is 2.